The third-order valence-corrected chi connectivity index (χ3v) is 6.12. The molecule has 1 N–H and O–H groups in total. The number of ether oxygens (including phenoxy) is 1. The Kier molecular flexibility index (Phi) is 7.77. The first kappa shape index (κ1) is 20.4. The van der Waals surface area contributed by atoms with E-state index in [1.807, 2.05) is 0 Å². The van der Waals surface area contributed by atoms with Crippen LogP contribution >= 0.6 is 12.2 Å². The van der Waals surface area contributed by atoms with Crippen LogP contribution < -0.4 is 10.2 Å². The lowest BCUT2D eigenvalue weighted by Crippen LogP contribution is -2.46. The third-order valence-electron chi connectivity index (χ3n) is 5.74. The van der Waals surface area contributed by atoms with Crippen LogP contribution in [0, 0.1) is 0 Å². The fraction of sp³-hybridized carbons (Fsp3) is 0.682. The molecule has 0 spiro atoms. The highest BCUT2D eigenvalue weighted by Gasteiger charge is 2.23. The summed E-state index contributed by atoms with van der Waals surface area (Å²) < 4.78 is 5.90. The van der Waals surface area contributed by atoms with Crippen LogP contribution in [0.15, 0.2) is 24.3 Å². The minimum atomic E-state index is 0.305. The Morgan fingerprint density at radius 3 is 2.33 bits per heavy atom. The van der Waals surface area contributed by atoms with Gasteiger partial charge in [-0.1, -0.05) is 37.8 Å². The SMILES string of the molecule is CN(C)c1ccc(CN(C[C@@H]2CCCO2)C(=S)NC2CCCCCC2)cc1. The zero-order chi connectivity index (χ0) is 19.1. The van der Waals surface area contributed by atoms with Gasteiger partial charge in [0.15, 0.2) is 5.11 Å². The summed E-state index contributed by atoms with van der Waals surface area (Å²) in [6.07, 6.45) is 10.5. The van der Waals surface area contributed by atoms with Gasteiger partial charge in [0.05, 0.1) is 6.10 Å². The molecule has 1 aliphatic carbocycles. The van der Waals surface area contributed by atoms with Crippen molar-refractivity contribution < 1.29 is 4.74 Å². The van der Waals surface area contributed by atoms with E-state index < -0.39 is 0 Å². The molecule has 1 heterocycles. The van der Waals surface area contributed by atoms with Gasteiger partial charge in [0, 0.05) is 45.5 Å². The van der Waals surface area contributed by atoms with Crippen molar-refractivity contribution in [3.8, 4) is 0 Å². The molecule has 0 aromatic heterocycles. The average Bonchev–Trinajstić information content (AvgIpc) is 3.04. The number of nitrogens with one attached hydrogen (secondary N) is 1. The molecule has 1 aliphatic heterocycles. The molecule has 2 fully saturated rings. The first-order chi connectivity index (χ1) is 13.1. The molecule has 1 aromatic carbocycles. The molecule has 0 amide bonds. The number of nitrogens with zero attached hydrogens (tertiary/aromatic N) is 2. The Balaban J connectivity index is 1.64. The van der Waals surface area contributed by atoms with Crippen LogP contribution in [0.4, 0.5) is 5.69 Å². The zero-order valence-corrected chi connectivity index (χ0v) is 17.8. The predicted molar refractivity (Wildman–Crippen MR) is 117 cm³/mol. The van der Waals surface area contributed by atoms with E-state index in [0.717, 1.165) is 31.2 Å². The fourth-order valence-corrected chi connectivity index (χ4v) is 4.37. The van der Waals surface area contributed by atoms with Crippen LogP contribution in [0.3, 0.4) is 0 Å². The molecule has 1 atom stereocenters. The molecule has 1 aromatic rings. The summed E-state index contributed by atoms with van der Waals surface area (Å²) in [6, 6.07) is 9.32. The smallest absolute Gasteiger partial charge is 0.169 e. The second-order valence-electron chi connectivity index (χ2n) is 8.21. The van der Waals surface area contributed by atoms with Gasteiger partial charge in [-0.3, -0.25) is 0 Å². The number of thiocarbonyl (C=S) groups is 1. The molecular formula is C22H35N3OS. The first-order valence-electron chi connectivity index (χ1n) is 10.5. The molecule has 5 heteroatoms. The molecule has 27 heavy (non-hydrogen) atoms. The summed E-state index contributed by atoms with van der Waals surface area (Å²) >= 11 is 5.85. The van der Waals surface area contributed by atoms with Gasteiger partial charge in [-0.2, -0.15) is 0 Å². The molecular weight excluding hydrogens is 354 g/mol. The van der Waals surface area contributed by atoms with Crippen molar-refractivity contribution in [2.75, 3.05) is 32.1 Å². The lowest BCUT2D eigenvalue weighted by Gasteiger charge is -2.31. The molecule has 4 nitrogen and oxygen atoms in total. The summed E-state index contributed by atoms with van der Waals surface area (Å²) in [5.74, 6) is 0. The number of hydrogen-bond acceptors (Lipinski definition) is 3. The van der Waals surface area contributed by atoms with Gasteiger partial charge in [0.1, 0.15) is 0 Å². The maximum Gasteiger partial charge on any atom is 0.169 e. The Labute approximate surface area is 170 Å². The lowest BCUT2D eigenvalue weighted by molar-refractivity contribution is 0.0895. The van der Waals surface area contributed by atoms with Crippen LogP contribution in [0.2, 0.25) is 0 Å². The average molecular weight is 390 g/mol. The van der Waals surface area contributed by atoms with Gasteiger partial charge in [0.25, 0.3) is 0 Å². The molecule has 0 unspecified atom stereocenters. The second-order valence-corrected chi connectivity index (χ2v) is 8.60. The monoisotopic (exact) mass is 389 g/mol. The number of rotatable bonds is 6. The Morgan fingerprint density at radius 1 is 1.04 bits per heavy atom. The van der Waals surface area contributed by atoms with Crippen LogP contribution in [0.1, 0.15) is 56.9 Å². The van der Waals surface area contributed by atoms with Gasteiger partial charge in [-0.05, 0) is 55.6 Å². The van der Waals surface area contributed by atoms with Crippen molar-refractivity contribution >= 4 is 23.0 Å². The molecule has 2 aliphatic rings. The Morgan fingerprint density at radius 2 is 1.74 bits per heavy atom. The maximum absolute atomic E-state index is 5.90. The lowest BCUT2D eigenvalue weighted by atomic mass is 10.1. The fourth-order valence-electron chi connectivity index (χ4n) is 4.06. The standard InChI is InChI=1S/C22H35N3OS/c1-24(2)20-13-11-18(12-14-20)16-25(17-21-10-7-15-26-21)22(27)23-19-8-5-3-4-6-9-19/h11-14,19,21H,3-10,15-17H2,1-2H3,(H,23,27)/t21-/m0/s1. The number of anilines is 1. The molecule has 150 valence electrons. The highest BCUT2D eigenvalue weighted by Crippen LogP contribution is 2.20. The van der Waals surface area contributed by atoms with Gasteiger partial charge in [0.2, 0.25) is 0 Å². The van der Waals surface area contributed by atoms with Gasteiger partial charge >= 0.3 is 0 Å². The summed E-state index contributed by atoms with van der Waals surface area (Å²) in [7, 11) is 4.15. The molecule has 0 radical (unpaired) electrons. The van der Waals surface area contributed by atoms with Crippen LogP contribution in [0.5, 0.6) is 0 Å². The summed E-state index contributed by atoms with van der Waals surface area (Å²) in [6.45, 7) is 2.61. The van der Waals surface area contributed by atoms with Crippen molar-refractivity contribution in [2.45, 2.75) is 70.1 Å². The van der Waals surface area contributed by atoms with Crippen molar-refractivity contribution in [1.29, 1.82) is 0 Å². The van der Waals surface area contributed by atoms with Crippen molar-refractivity contribution in [1.82, 2.24) is 10.2 Å². The van der Waals surface area contributed by atoms with E-state index in [1.54, 1.807) is 0 Å². The van der Waals surface area contributed by atoms with E-state index in [2.05, 4.69) is 53.5 Å². The molecule has 0 bridgehead atoms. The zero-order valence-electron chi connectivity index (χ0n) is 17.0. The first-order valence-corrected chi connectivity index (χ1v) is 11.0. The Hall–Kier alpha value is -1.33. The highest BCUT2D eigenvalue weighted by molar-refractivity contribution is 7.80. The molecule has 1 saturated carbocycles. The van der Waals surface area contributed by atoms with Crippen molar-refractivity contribution in [3.05, 3.63) is 29.8 Å². The van der Waals surface area contributed by atoms with E-state index in [-0.39, 0.29) is 0 Å². The van der Waals surface area contributed by atoms with Crippen LogP contribution in [0.25, 0.3) is 0 Å². The van der Waals surface area contributed by atoms with E-state index in [9.17, 15) is 0 Å². The van der Waals surface area contributed by atoms with Crippen LogP contribution in [-0.2, 0) is 11.3 Å². The van der Waals surface area contributed by atoms with E-state index >= 15 is 0 Å². The normalized spacial score (nSPS) is 20.9. The maximum atomic E-state index is 5.90. The van der Waals surface area contributed by atoms with Crippen molar-refractivity contribution in [2.24, 2.45) is 0 Å². The van der Waals surface area contributed by atoms with Crippen LogP contribution in [-0.4, -0.2) is 49.4 Å². The van der Waals surface area contributed by atoms with Crippen molar-refractivity contribution in [3.63, 3.8) is 0 Å². The van der Waals surface area contributed by atoms with Gasteiger partial charge in [-0.25, -0.2) is 0 Å². The van der Waals surface area contributed by atoms with Gasteiger partial charge < -0.3 is 19.9 Å². The molecule has 1 saturated heterocycles. The quantitative estimate of drug-likeness (QED) is 0.577. The molecule has 3 rings (SSSR count). The van der Waals surface area contributed by atoms with Gasteiger partial charge in [-0.15, -0.1) is 0 Å². The van der Waals surface area contributed by atoms with E-state index in [4.69, 9.17) is 17.0 Å². The minimum Gasteiger partial charge on any atom is -0.378 e. The number of hydrogen-bond donors (Lipinski definition) is 1. The summed E-state index contributed by atoms with van der Waals surface area (Å²) in [5, 5.41) is 4.57. The topological polar surface area (TPSA) is 27.7 Å². The summed E-state index contributed by atoms with van der Waals surface area (Å²) in [5.41, 5.74) is 2.52. The second kappa shape index (κ2) is 10.3. The third kappa shape index (κ3) is 6.35. The predicted octanol–water partition coefficient (Wildman–Crippen LogP) is 4.33. The minimum absolute atomic E-state index is 0.305. The summed E-state index contributed by atoms with van der Waals surface area (Å²) in [4.78, 5) is 4.45. The van der Waals surface area contributed by atoms with E-state index in [1.165, 1.54) is 56.2 Å². The largest absolute Gasteiger partial charge is 0.378 e. The van der Waals surface area contributed by atoms with E-state index in [0.29, 0.717) is 12.1 Å². The highest BCUT2D eigenvalue weighted by atomic mass is 32.1. The number of benzene rings is 1. The Bertz CT molecular complexity index is 576.